The number of nitrogens with two attached hydrogens (primary N) is 1. The number of nitrogens with one attached hydrogen (secondary N) is 1. The average molecular weight is 314 g/mol. The fourth-order valence-electron chi connectivity index (χ4n) is 2.94. The third-order valence-corrected chi connectivity index (χ3v) is 5.87. The molecule has 1 saturated carbocycles. The summed E-state index contributed by atoms with van der Waals surface area (Å²) in [7, 11) is -3.72. The van der Waals surface area contributed by atoms with Crippen LogP contribution in [0.3, 0.4) is 0 Å². The molecular weight excluding hydrogens is 291 g/mol. The molecule has 2 unspecified atom stereocenters. The first-order valence-corrected chi connectivity index (χ1v) is 8.90. The molecular formula is C15H23FN2O2S. The van der Waals surface area contributed by atoms with Gasteiger partial charge in [0.25, 0.3) is 0 Å². The van der Waals surface area contributed by atoms with E-state index in [9.17, 15) is 12.8 Å². The number of sulfonamides is 1. The van der Waals surface area contributed by atoms with Crippen molar-refractivity contribution >= 4 is 10.0 Å². The highest BCUT2D eigenvalue weighted by atomic mass is 32.2. The van der Waals surface area contributed by atoms with Crippen LogP contribution in [-0.2, 0) is 16.6 Å². The summed E-state index contributed by atoms with van der Waals surface area (Å²) < 4.78 is 40.7. The third kappa shape index (κ3) is 4.02. The van der Waals surface area contributed by atoms with Crippen LogP contribution in [0.2, 0.25) is 0 Å². The van der Waals surface area contributed by atoms with Crippen LogP contribution >= 0.6 is 0 Å². The summed E-state index contributed by atoms with van der Waals surface area (Å²) >= 11 is 0. The van der Waals surface area contributed by atoms with E-state index in [0.717, 1.165) is 25.3 Å². The molecule has 1 fully saturated rings. The van der Waals surface area contributed by atoms with Gasteiger partial charge in [-0.15, -0.1) is 0 Å². The molecule has 1 aromatic rings. The highest BCUT2D eigenvalue weighted by Gasteiger charge is 2.25. The van der Waals surface area contributed by atoms with E-state index in [0.29, 0.717) is 23.9 Å². The molecule has 3 N–H and O–H groups in total. The van der Waals surface area contributed by atoms with Crippen molar-refractivity contribution in [3.8, 4) is 0 Å². The standard InChI is InChI=1S/C15H23FN2O2S/c1-11-4-2-3-5-13(11)10-18-21(19,20)15-8-14(16)7-6-12(15)9-17/h6-8,11,13,18H,2-5,9-10,17H2,1H3. The molecule has 6 heteroatoms. The van der Waals surface area contributed by atoms with Crippen molar-refractivity contribution in [1.29, 1.82) is 0 Å². The maximum atomic E-state index is 13.3. The Kier molecular flexibility index (Phi) is 5.35. The van der Waals surface area contributed by atoms with E-state index < -0.39 is 15.8 Å². The van der Waals surface area contributed by atoms with Gasteiger partial charge in [-0.1, -0.05) is 32.3 Å². The maximum absolute atomic E-state index is 13.3. The van der Waals surface area contributed by atoms with Crippen molar-refractivity contribution in [1.82, 2.24) is 4.72 Å². The van der Waals surface area contributed by atoms with Crippen molar-refractivity contribution < 1.29 is 12.8 Å². The second-order valence-electron chi connectivity index (χ2n) is 5.83. The molecule has 0 amide bonds. The lowest BCUT2D eigenvalue weighted by atomic mass is 9.81. The Morgan fingerprint density at radius 3 is 2.71 bits per heavy atom. The summed E-state index contributed by atoms with van der Waals surface area (Å²) in [5.74, 6) is 0.296. The Morgan fingerprint density at radius 2 is 2.05 bits per heavy atom. The molecule has 1 aromatic carbocycles. The lowest BCUT2D eigenvalue weighted by molar-refractivity contribution is 0.257. The molecule has 4 nitrogen and oxygen atoms in total. The molecule has 1 aliphatic carbocycles. The quantitative estimate of drug-likeness (QED) is 0.876. The molecule has 118 valence electrons. The highest BCUT2D eigenvalue weighted by Crippen LogP contribution is 2.29. The molecule has 2 atom stereocenters. The zero-order valence-corrected chi connectivity index (χ0v) is 13.1. The minimum atomic E-state index is -3.72. The minimum Gasteiger partial charge on any atom is -0.326 e. The van der Waals surface area contributed by atoms with Crippen molar-refractivity contribution in [2.24, 2.45) is 17.6 Å². The molecule has 0 heterocycles. The Balaban J connectivity index is 2.13. The van der Waals surface area contributed by atoms with Crippen LogP contribution in [0.5, 0.6) is 0 Å². The third-order valence-electron chi connectivity index (χ3n) is 4.36. The fraction of sp³-hybridized carbons (Fsp3) is 0.600. The fourth-order valence-corrected chi connectivity index (χ4v) is 4.29. The van der Waals surface area contributed by atoms with Crippen LogP contribution in [0.15, 0.2) is 23.1 Å². The van der Waals surface area contributed by atoms with Crippen LogP contribution in [0.4, 0.5) is 4.39 Å². The van der Waals surface area contributed by atoms with Gasteiger partial charge in [-0.3, -0.25) is 0 Å². The van der Waals surface area contributed by atoms with Gasteiger partial charge in [0, 0.05) is 13.1 Å². The van der Waals surface area contributed by atoms with E-state index in [4.69, 9.17) is 5.73 Å². The van der Waals surface area contributed by atoms with Gasteiger partial charge in [0.15, 0.2) is 0 Å². The second-order valence-corrected chi connectivity index (χ2v) is 7.57. The zero-order chi connectivity index (χ0) is 15.5. The Labute approximate surface area is 126 Å². The van der Waals surface area contributed by atoms with E-state index in [2.05, 4.69) is 11.6 Å². The molecule has 2 rings (SSSR count). The van der Waals surface area contributed by atoms with E-state index in [1.807, 2.05) is 0 Å². The average Bonchev–Trinajstić information content (AvgIpc) is 2.46. The van der Waals surface area contributed by atoms with Crippen LogP contribution in [0.1, 0.15) is 38.2 Å². The molecule has 0 bridgehead atoms. The molecule has 0 aromatic heterocycles. The van der Waals surface area contributed by atoms with E-state index in [-0.39, 0.29) is 11.4 Å². The predicted molar refractivity (Wildman–Crippen MR) is 80.6 cm³/mol. The Hall–Kier alpha value is -0.980. The van der Waals surface area contributed by atoms with Gasteiger partial charge in [-0.05, 0) is 36.0 Å². The van der Waals surface area contributed by atoms with Crippen molar-refractivity contribution in [2.75, 3.05) is 6.54 Å². The van der Waals surface area contributed by atoms with Crippen molar-refractivity contribution in [2.45, 2.75) is 44.0 Å². The van der Waals surface area contributed by atoms with Crippen LogP contribution in [0, 0.1) is 17.7 Å². The number of hydrogen-bond acceptors (Lipinski definition) is 3. The summed E-state index contributed by atoms with van der Waals surface area (Å²) in [6, 6.07) is 3.69. The maximum Gasteiger partial charge on any atom is 0.241 e. The van der Waals surface area contributed by atoms with Crippen LogP contribution in [-0.4, -0.2) is 15.0 Å². The van der Waals surface area contributed by atoms with Crippen LogP contribution < -0.4 is 10.5 Å². The lowest BCUT2D eigenvalue weighted by Crippen LogP contribution is -2.34. The predicted octanol–water partition coefficient (Wildman–Crippen LogP) is 2.39. The van der Waals surface area contributed by atoms with Gasteiger partial charge in [0.05, 0.1) is 4.90 Å². The minimum absolute atomic E-state index is 0.0477. The monoisotopic (exact) mass is 314 g/mol. The first kappa shape index (κ1) is 16.4. The lowest BCUT2D eigenvalue weighted by Gasteiger charge is -2.28. The van der Waals surface area contributed by atoms with Crippen molar-refractivity contribution in [3.63, 3.8) is 0 Å². The van der Waals surface area contributed by atoms with E-state index in [1.165, 1.54) is 18.6 Å². The molecule has 0 spiro atoms. The van der Waals surface area contributed by atoms with Crippen molar-refractivity contribution in [3.05, 3.63) is 29.6 Å². The molecule has 21 heavy (non-hydrogen) atoms. The SMILES string of the molecule is CC1CCCCC1CNS(=O)(=O)c1cc(F)ccc1CN. The normalized spacial score (nSPS) is 23.2. The van der Waals surface area contributed by atoms with Gasteiger partial charge in [-0.2, -0.15) is 0 Å². The Bertz CT molecular complexity index is 589. The largest absolute Gasteiger partial charge is 0.326 e. The molecule has 1 aliphatic rings. The second kappa shape index (κ2) is 6.85. The molecule has 0 radical (unpaired) electrons. The molecule has 0 aliphatic heterocycles. The number of rotatable bonds is 5. The number of halogens is 1. The van der Waals surface area contributed by atoms with Gasteiger partial charge in [0.2, 0.25) is 10.0 Å². The summed E-state index contributed by atoms with van der Waals surface area (Å²) in [5.41, 5.74) is 5.97. The van der Waals surface area contributed by atoms with Gasteiger partial charge < -0.3 is 5.73 Å². The van der Waals surface area contributed by atoms with Gasteiger partial charge in [0.1, 0.15) is 5.82 Å². The number of benzene rings is 1. The Morgan fingerprint density at radius 1 is 1.33 bits per heavy atom. The summed E-state index contributed by atoms with van der Waals surface area (Å²) in [6.07, 6.45) is 4.54. The highest BCUT2D eigenvalue weighted by molar-refractivity contribution is 7.89. The smallest absolute Gasteiger partial charge is 0.241 e. The van der Waals surface area contributed by atoms with E-state index in [1.54, 1.807) is 0 Å². The zero-order valence-electron chi connectivity index (χ0n) is 12.3. The van der Waals surface area contributed by atoms with Gasteiger partial charge >= 0.3 is 0 Å². The van der Waals surface area contributed by atoms with Crippen LogP contribution in [0.25, 0.3) is 0 Å². The summed E-state index contributed by atoms with van der Waals surface area (Å²) in [5, 5.41) is 0. The summed E-state index contributed by atoms with van der Waals surface area (Å²) in [4.78, 5) is -0.0477. The summed E-state index contributed by atoms with van der Waals surface area (Å²) in [6.45, 7) is 2.63. The first-order chi connectivity index (χ1) is 9.94. The van der Waals surface area contributed by atoms with E-state index >= 15 is 0 Å². The molecule has 0 saturated heterocycles. The number of hydrogen-bond donors (Lipinski definition) is 2. The van der Waals surface area contributed by atoms with Gasteiger partial charge in [-0.25, -0.2) is 17.5 Å². The topological polar surface area (TPSA) is 72.2 Å². The first-order valence-electron chi connectivity index (χ1n) is 7.42.